The third-order valence-corrected chi connectivity index (χ3v) is 4.87. The van der Waals surface area contributed by atoms with Crippen molar-refractivity contribution >= 4 is 17.7 Å². The van der Waals surface area contributed by atoms with Gasteiger partial charge in [-0.3, -0.25) is 4.79 Å². The van der Waals surface area contributed by atoms with Gasteiger partial charge in [0.15, 0.2) is 0 Å². The SMILES string of the molecule is O=C(O)C1CNC(c2cccc(OC3CSC3)c2)C1. The van der Waals surface area contributed by atoms with Gasteiger partial charge in [-0.25, -0.2) is 0 Å². The Kier molecular flexibility index (Phi) is 3.66. The minimum absolute atomic E-state index is 0.125. The first-order chi connectivity index (χ1) is 9.22. The smallest absolute Gasteiger partial charge is 0.307 e. The molecule has 19 heavy (non-hydrogen) atoms. The zero-order valence-electron chi connectivity index (χ0n) is 10.5. The minimum Gasteiger partial charge on any atom is -0.489 e. The Morgan fingerprint density at radius 2 is 2.26 bits per heavy atom. The Hall–Kier alpha value is -1.20. The van der Waals surface area contributed by atoms with Gasteiger partial charge < -0.3 is 15.2 Å². The molecule has 2 aliphatic heterocycles. The molecule has 0 aliphatic carbocycles. The normalized spacial score (nSPS) is 26.9. The Labute approximate surface area is 116 Å². The second-order valence-electron chi connectivity index (χ2n) is 5.08. The fourth-order valence-corrected chi connectivity index (χ4v) is 3.02. The maximum Gasteiger partial charge on any atom is 0.307 e. The zero-order valence-corrected chi connectivity index (χ0v) is 11.4. The fourth-order valence-electron chi connectivity index (χ4n) is 2.46. The van der Waals surface area contributed by atoms with Gasteiger partial charge in [0.05, 0.1) is 5.92 Å². The zero-order chi connectivity index (χ0) is 13.2. The summed E-state index contributed by atoms with van der Waals surface area (Å²) in [7, 11) is 0. The number of hydrogen-bond donors (Lipinski definition) is 2. The molecule has 0 amide bonds. The summed E-state index contributed by atoms with van der Waals surface area (Å²) in [6.07, 6.45) is 0.987. The molecule has 0 saturated carbocycles. The number of rotatable bonds is 4. The van der Waals surface area contributed by atoms with Gasteiger partial charge in [-0.15, -0.1) is 0 Å². The summed E-state index contributed by atoms with van der Waals surface area (Å²) >= 11 is 1.89. The van der Waals surface area contributed by atoms with Crippen LogP contribution < -0.4 is 10.1 Å². The van der Waals surface area contributed by atoms with Crippen molar-refractivity contribution in [3.63, 3.8) is 0 Å². The molecule has 2 aliphatic rings. The third kappa shape index (κ3) is 2.87. The van der Waals surface area contributed by atoms with E-state index in [2.05, 4.69) is 5.32 Å². The maximum atomic E-state index is 11.0. The highest BCUT2D eigenvalue weighted by molar-refractivity contribution is 8.00. The molecule has 2 N–H and O–H groups in total. The number of aliphatic carboxylic acids is 1. The predicted molar refractivity (Wildman–Crippen MR) is 74.7 cm³/mol. The summed E-state index contributed by atoms with van der Waals surface area (Å²) < 4.78 is 5.86. The summed E-state index contributed by atoms with van der Waals surface area (Å²) in [5, 5.41) is 12.3. The first kappa shape index (κ1) is 12.8. The molecule has 3 rings (SSSR count). The topological polar surface area (TPSA) is 58.6 Å². The monoisotopic (exact) mass is 279 g/mol. The molecule has 0 spiro atoms. The lowest BCUT2D eigenvalue weighted by Crippen LogP contribution is -2.31. The number of ether oxygens (including phenoxy) is 1. The van der Waals surface area contributed by atoms with Crippen molar-refractivity contribution in [2.24, 2.45) is 5.92 Å². The average molecular weight is 279 g/mol. The molecule has 2 fully saturated rings. The minimum atomic E-state index is -0.714. The number of nitrogens with one attached hydrogen (secondary N) is 1. The Morgan fingerprint density at radius 1 is 1.42 bits per heavy atom. The van der Waals surface area contributed by atoms with Crippen LogP contribution in [0, 0.1) is 5.92 Å². The highest BCUT2D eigenvalue weighted by Gasteiger charge is 2.30. The van der Waals surface area contributed by atoms with E-state index >= 15 is 0 Å². The Bertz CT molecular complexity index is 476. The summed E-state index contributed by atoms with van der Waals surface area (Å²) in [6.45, 7) is 0.546. The summed E-state index contributed by atoms with van der Waals surface area (Å²) in [5.41, 5.74) is 1.12. The average Bonchev–Trinajstić information content (AvgIpc) is 2.84. The van der Waals surface area contributed by atoms with Crippen LogP contribution in [0.5, 0.6) is 5.75 Å². The van der Waals surface area contributed by atoms with Gasteiger partial charge in [-0.05, 0) is 24.1 Å². The standard InChI is InChI=1S/C14H17NO3S/c16-14(17)10-5-13(15-6-10)9-2-1-3-11(4-9)18-12-7-19-8-12/h1-4,10,12-13,15H,5-8H2,(H,16,17). The van der Waals surface area contributed by atoms with Crippen LogP contribution in [-0.2, 0) is 4.79 Å². The molecule has 1 aromatic rings. The van der Waals surface area contributed by atoms with Gasteiger partial charge in [0.25, 0.3) is 0 Å². The molecule has 5 heteroatoms. The lowest BCUT2D eigenvalue weighted by molar-refractivity contribution is -0.141. The summed E-state index contributed by atoms with van der Waals surface area (Å²) in [4.78, 5) is 11.0. The van der Waals surface area contributed by atoms with Crippen molar-refractivity contribution in [1.82, 2.24) is 5.32 Å². The van der Waals surface area contributed by atoms with Crippen LogP contribution >= 0.6 is 11.8 Å². The van der Waals surface area contributed by atoms with Crippen molar-refractivity contribution in [3.05, 3.63) is 29.8 Å². The van der Waals surface area contributed by atoms with Crippen LogP contribution in [0.15, 0.2) is 24.3 Å². The van der Waals surface area contributed by atoms with E-state index in [9.17, 15) is 4.79 Å². The third-order valence-electron chi connectivity index (χ3n) is 3.65. The molecule has 2 atom stereocenters. The predicted octanol–water partition coefficient (Wildman–Crippen LogP) is 1.92. The fraction of sp³-hybridized carbons (Fsp3) is 0.500. The lowest BCUT2D eigenvalue weighted by atomic mass is 10.00. The summed E-state index contributed by atoms with van der Waals surface area (Å²) in [5.74, 6) is 2.02. The molecule has 102 valence electrons. The first-order valence-corrected chi connectivity index (χ1v) is 7.68. The van der Waals surface area contributed by atoms with Crippen LogP contribution in [0.3, 0.4) is 0 Å². The number of carboxylic acids is 1. The first-order valence-electron chi connectivity index (χ1n) is 6.53. The van der Waals surface area contributed by atoms with E-state index in [1.165, 1.54) is 0 Å². The highest BCUT2D eigenvalue weighted by Crippen LogP contribution is 2.30. The maximum absolute atomic E-state index is 11.0. The molecule has 0 radical (unpaired) electrons. The molecule has 1 aromatic carbocycles. The van der Waals surface area contributed by atoms with E-state index in [0.717, 1.165) is 22.8 Å². The lowest BCUT2D eigenvalue weighted by Gasteiger charge is -2.26. The van der Waals surface area contributed by atoms with E-state index in [4.69, 9.17) is 9.84 Å². The number of thioether (sulfide) groups is 1. The second-order valence-corrected chi connectivity index (χ2v) is 6.16. The Balaban J connectivity index is 1.67. The van der Waals surface area contributed by atoms with Gasteiger partial charge in [0.2, 0.25) is 0 Å². The van der Waals surface area contributed by atoms with Gasteiger partial charge >= 0.3 is 5.97 Å². The van der Waals surface area contributed by atoms with Gasteiger partial charge in [0.1, 0.15) is 11.9 Å². The molecule has 2 saturated heterocycles. The van der Waals surface area contributed by atoms with Gasteiger partial charge in [-0.2, -0.15) is 11.8 Å². The van der Waals surface area contributed by atoms with Crippen molar-refractivity contribution in [2.75, 3.05) is 18.1 Å². The van der Waals surface area contributed by atoms with E-state index < -0.39 is 5.97 Å². The number of carbonyl (C=O) groups is 1. The van der Waals surface area contributed by atoms with E-state index in [1.807, 2.05) is 36.0 Å². The molecular weight excluding hydrogens is 262 g/mol. The second kappa shape index (κ2) is 5.43. The Morgan fingerprint density at radius 3 is 2.89 bits per heavy atom. The van der Waals surface area contributed by atoms with E-state index in [-0.39, 0.29) is 12.0 Å². The van der Waals surface area contributed by atoms with Crippen LogP contribution in [0.25, 0.3) is 0 Å². The van der Waals surface area contributed by atoms with Crippen molar-refractivity contribution < 1.29 is 14.6 Å². The van der Waals surface area contributed by atoms with Crippen LogP contribution in [0.1, 0.15) is 18.0 Å². The van der Waals surface area contributed by atoms with Crippen LogP contribution in [-0.4, -0.2) is 35.2 Å². The van der Waals surface area contributed by atoms with Crippen molar-refractivity contribution in [1.29, 1.82) is 0 Å². The molecular formula is C14H17NO3S. The molecule has 2 heterocycles. The van der Waals surface area contributed by atoms with E-state index in [1.54, 1.807) is 0 Å². The largest absolute Gasteiger partial charge is 0.489 e. The van der Waals surface area contributed by atoms with Crippen LogP contribution in [0.4, 0.5) is 0 Å². The number of hydrogen-bond acceptors (Lipinski definition) is 4. The molecule has 0 aromatic heterocycles. The molecule has 2 unspecified atom stereocenters. The quantitative estimate of drug-likeness (QED) is 0.882. The highest BCUT2D eigenvalue weighted by atomic mass is 32.2. The number of benzene rings is 1. The van der Waals surface area contributed by atoms with Gasteiger partial charge in [0, 0.05) is 24.1 Å². The molecule has 0 bridgehead atoms. The van der Waals surface area contributed by atoms with Crippen molar-refractivity contribution in [2.45, 2.75) is 18.6 Å². The van der Waals surface area contributed by atoms with Gasteiger partial charge in [-0.1, -0.05) is 12.1 Å². The number of carboxylic acid groups (broad SMARTS) is 1. The summed E-state index contributed by atoms with van der Waals surface area (Å²) in [6, 6.07) is 8.14. The van der Waals surface area contributed by atoms with Crippen molar-refractivity contribution in [3.8, 4) is 5.75 Å². The van der Waals surface area contributed by atoms with E-state index in [0.29, 0.717) is 19.1 Å². The van der Waals surface area contributed by atoms with Crippen LogP contribution in [0.2, 0.25) is 0 Å². The molecule has 4 nitrogen and oxygen atoms in total.